The lowest BCUT2D eigenvalue weighted by molar-refractivity contribution is -0.144. The van der Waals surface area contributed by atoms with Crippen LogP contribution in [0.4, 0.5) is 0 Å². The number of fused-ring (bicyclic) bond motifs is 1. The van der Waals surface area contributed by atoms with Crippen molar-refractivity contribution in [3.8, 4) is 5.75 Å². The summed E-state index contributed by atoms with van der Waals surface area (Å²) in [5.74, 6) is 1.35. The second kappa shape index (κ2) is 9.18. The number of carbonyl (C=O) groups is 2. The Morgan fingerprint density at radius 3 is 2.33 bits per heavy atom. The third-order valence-electron chi connectivity index (χ3n) is 7.62. The molecule has 2 aromatic carbocycles. The summed E-state index contributed by atoms with van der Waals surface area (Å²) >= 11 is 0. The summed E-state index contributed by atoms with van der Waals surface area (Å²) < 4.78 is 5.63. The van der Waals surface area contributed by atoms with Crippen LogP contribution in [0.5, 0.6) is 5.75 Å². The second-order valence-corrected chi connectivity index (χ2v) is 9.56. The highest BCUT2D eigenvalue weighted by atomic mass is 16.5. The van der Waals surface area contributed by atoms with Crippen molar-refractivity contribution in [2.75, 3.05) is 45.9 Å². The Kier molecular flexibility index (Phi) is 6.11. The summed E-state index contributed by atoms with van der Waals surface area (Å²) in [6.45, 7) is 7.84. The molecule has 2 saturated heterocycles. The number of nitrogens with zero attached hydrogens (tertiary/aromatic N) is 3. The SMILES string of the molecule is CC(=O)N1CCC(C(=O)N2CCN(Cc3ccc4c(c3)CCO4)CC2)(c2ccccc2)CC1. The molecule has 0 atom stereocenters. The lowest BCUT2D eigenvalue weighted by Gasteiger charge is -2.45. The van der Waals surface area contributed by atoms with Crippen molar-refractivity contribution in [2.45, 2.75) is 38.1 Å². The first-order chi connectivity index (χ1) is 16.0. The van der Waals surface area contributed by atoms with Gasteiger partial charge in [-0.1, -0.05) is 42.5 Å². The van der Waals surface area contributed by atoms with Crippen molar-refractivity contribution < 1.29 is 14.3 Å². The Balaban J connectivity index is 1.26. The van der Waals surface area contributed by atoms with E-state index in [9.17, 15) is 9.59 Å². The van der Waals surface area contributed by atoms with E-state index in [2.05, 4.69) is 40.1 Å². The van der Waals surface area contributed by atoms with Crippen LogP contribution in [0.15, 0.2) is 48.5 Å². The molecule has 0 unspecified atom stereocenters. The van der Waals surface area contributed by atoms with Gasteiger partial charge in [0.1, 0.15) is 5.75 Å². The molecule has 6 nitrogen and oxygen atoms in total. The van der Waals surface area contributed by atoms with Crippen LogP contribution < -0.4 is 4.74 Å². The lowest BCUT2D eigenvalue weighted by atomic mass is 9.71. The Labute approximate surface area is 196 Å². The zero-order valence-corrected chi connectivity index (χ0v) is 19.5. The first-order valence-electron chi connectivity index (χ1n) is 12.1. The number of hydrogen-bond acceptors (Lipinski definition) is 4. The molecule has 3 aliphatic heterocycles. The molecule has 0 aromatic heterocycles. The minimum absolute atomic E-state index is 0.0934. The maximum atomic E-state index is 13.9. The molecule has 174 valence electrons. The molecule has 0 spiro atoms. The number of carbonyl (C=O) groups excluding carboxylic acids is 2. The molecule has 5 rings (SSSR count). The number of ether oxygens (including phenoxy) is 1. The van der Waals surface area contributed by atoms with E-state index in [4.69, 9.17) is 4.74 Å². The normalized spacial score (nSPS) is 20.3. The van der Waals surface area contributed by atoms with Crippen LogP contribution in [-0.2, 0) is 28.0 Å². The second-order valence-electron chi connectivity index (χ2n) is 9.56. The summed E-state index contributed by atoms with van der Waals surface area (Å²) in [7, 11) is 0. The maximum Gasteiger partial charge on any atom is 0.233 e. The molecule has 3 aliphatic rings. The van der Waals surface area contributed by atoms with Crippen LogP contribution >= 0.6 is 0 Å². The van der Waals surface area contributed by atoms with Crippen LogP contribution in [0.3, 0.4) is 0 Å². The quantitative estimate of drug-likeness (QED) is 0.723. The maximum absolute atomic E-state index is 13.9. The molecule has 0 bridgehead atoms. The van der Waals surface area contributed by atoms with E-state index >= 15 is 0 Å². The molecular weight excluding hydrogens is 414 g/mol. The number of benzene rings is 2. The summed E-state index contributed by atoms with van der Waals surface area (Å²) in [5, 5.41) is 0. The van der Waals surface area contributed by atoms with Crippen LogP contribution in [0.25, 0.3) is 0 Å². The van der Waals surface area contributed by atoms with E-state index in [-0.39, 0.29) is 11.8 Å². The first kappa shape index (κ1) is 22.0. The zero-order chi connectivity index (χ0) is 22.8. The molecule has 6 heteroatoms. The van der Waals surface area contributed by atoms with Gasteiger partial charge < -0.3 is 14.5 Å². The molecule has 0 N–H and O–H groups in total. The number of likely N-dealkylation sites (tertiary alicyclic amines) is 1. The Bertz CT molecular complexity index is 1010. The van der Waals surface area contributed by atoms with Gasteiger partial charge in [-0.25, -0.2) is 0 Å². The van der Waals surface area contributed by atoms with E-state index in [1.165, 1.54) is 11.1 Å². The van der Waals surface area contributed by atoms with Gasteiger partial charge in [0.2, 0.25) is 11.8 Å². The first-order valence-corrected chi connectivity index (χ1v) is 12.1. The largest absolute Gasteiger partial charge is 0.493 e. The van der Waals surface area contributed by atoms with Crippen molar-refractivity contribution in [3.05, 3.63) is 65.2 Å². The van der Waals surface area contributed by atoms with Crippen LogP contribution in [0.2, 0.25) is 0 Å². The fourth-order valence-electron chi connectivity index (χ4n) is 5.59. The van der Waals surface area contributed by atoms with Crippen molar-refractivity contribution in [1.29, 1.82) is 0 Å². The summed E-state index contributed by atoms with van der Waals surface area (Å²) in [6, 6.07) is 16.7. The van der Waals surface area contributed by atoms with Crippen molar-refractivity contribution in [2.24, 2.45) is 0 Å². The molecule has 2 aromatic rings. The van der Waals surface area contributed by atoms with Gasteiger partial charge in [-0.15, -0.1) is 0 Å². The van der Waals surface area contributed by atoms with E-state index in [1.807, 2.05) is 23.1 Å². The molecule has 0 saturated carbocycles. The highest BCUT2D eigenvalue weighted by Gasteiger charge is 2.45. The van der Waals surface area contributed by atoms with Crippen molar-refractivity contribution in [1.82, 2.24) is 14.7 Å². The van der Waals surface area contributed by atoms with Gasteiger partial charge in [0.15, 0.2) is 0 Å². The van der Waals surface area contributed by atoms with Gasteiger partial charge in [0.05, 0.1) is 12.0 Å². The summed E-state index contributed by atoms with van der Waals surface area (Å²) in [5.41, 5.74) is 3.18. The van der Waals surface area contributed by atoms with Gasteiger partial charge in [-0.05, 0) is 35.6 Å². The third kappa shape index (κ3) is 4.36. The smallest absolute Gasteiger partial charge is 0.233 e. The number of rotatable bonds is 4. The van der Waals surface area contributed by atoms with Crippen LogP contribution in [-0.4, -0.2) is 72.4 Å². The molecule has 3 heterocycles. The topological polar surface area (TPSA) is 53.1 Å². The van der Waals surface area contributed by atoms with E-state index in [0.29, 0.717) is 25.9 Å². The monoisotopic (exact) mass is 447 g/mol. The zero-order valence-electron chi connectivity index (χ0n) is 19.5. The van der Waals surface area contributed by atoms with Gasteiger partial charge >= 0.3 is 0 Å². The Hall–Kier alpha value is -2.86. The fraction of sp³-hybridized carbons (Fsp3) is 0.481. The Morgan fingerprint density at radius 2 is 1.64 bits per heavy atom. The number of amides is 2. The third-order valence-corrected chi connectivity index (χ3v) is 7.62. The van der Waals surface area contributed by atoms with E-state index in [0.717, 1.165) is 57.1 Å². The predicted molar refractivity (Wildman–Crippen MR) is 127 cm³/mol. The molecular formula is C27H33N3O3. The van der Waals surface area contributed by atoms with Crippen LogP contribution in [0.1, 0.15) is 36.5 Å². The standard InChI is InChI=1S/C27H33N3O3/c1-21(31)29-12-10-27(11-13-29,24-5-3-2-4-6-24)26(32)30-16-14-28(15-17-30)20-22-7-8-25-23(19-22)9-18-33-25/h2-8,19H,9-18,20H2,1H3. The minimum Gasteiger partial charge on any atom is -0.493 e. The average molecular weight is 448 g/mol. The van der Waals surface area contributed by atoms with E-state index in [1.54, 1.807) is 6.92 Å². The number of piperazine rings is 1. The minimum atomic E-state index is -0.532. The lowest BCUT2D eigenvalue weighted by Crippen LogP contribution is -2.57. The number of hydrogen-bond donors (Lipinski definition) is 0. The highest BCUT2D eigenvalue weighted by Crippen LogP contribution is 2.38. The molecule has 0 radical (unpaired) electrons. The molecule has 2 fully saturated rings. The van der Waals surface area contributed by atoms with Gasteiger partial charge in [0.25, 0.3) is 0 Å². The van der Waals surface area contributed by atoms with E-state index < -0.39 is 5.41 Å². The van der Waals surface area contributed by atoms with Crippen molar-refractivity contribution in [3.63, 3.8) is 0 Å². The van der Waals surface area contributed by atoms with Gasteiger partial charge in [0, 0.05) is 59.2 Å². The highest BCUT2D eigenvalue weighted by molar-refractivity contribution is 5.89. The fourth-order valence-corrected chi connectivity index (χ4v) is 5.59. The van der Waals surface area contributed by atoms with Gasteiger partial charge in [-0.3, -0.25) is 14.5 Å². The molecule has 2 amide bonds. The average Bonchev–Trinajstić information content (AvgIpc) is 3.32. The molecule has 0 aliphatic carbocycles. The molecule has 33 heavy (non-hydrogen) atoms. The van der Waals surface area contributed by atoms with Gasteiger partial charge in [-0.2, -0.15) is 0 Å². The number of piperidine rings is 1. The predicted octanol–water partition coefficient (Wildman–Crippen LogP) is 2.85. The Morgan fingerprint density at radius 1 is 0.909 bits per heavy atom. The summed E-state index contributed by atoms with van der Waals surface area (Å²) in [4.78, 5) is 32.2. The van der Waals surface area contributed by atoms with Crippen molar-refractivity contribution >= 4 is 11.8 Å². The summed E-state index contributed by atoms with van der Waals surface area (Å²) in [6.07, 6.45) is 2.37. The van der Waals surface area contributed by atoms with Crippen LogP contribution in [0, 0.1) is 0 Å².